The van der Waals surface area contributed by atoms with Gasteiger partial charge < -0.3 is 36.3 Å². The van der Waals surface area contributed by atoms with E-state index in [2.05, 4.69) is 36.2 Å². The normalized spacial score (nSPS) is 17.2. The minimum absolute atomic E-state index is 0.0706. The summed E-state index contributed by atoms with van der Waals surface area (Å²) in [5, 5.41) is 22.1. The lowest BCUT2D eigenvalue weighted by Crippen LogP contribution is -2.57. The number of amides is 3. The number of carboxylic acid groups (broad SMARTS) is 1. The van der Waals surface area contributed by atoms with Crippen molar-refractivity contribution in [1.29, 1.82) is 0 Å². The van der Waals surface area contributed by atoms with E-state index in [4.69, 9.17) is 0 Å². The highest BCUT2D eigenvalue weighted by molar-refractivity contribution is 7.98. The predicted molar refractivity (Wildman–Crippen MR) is 152 cm³/mol. The molecule has 2 aromatic heterocycles. The molecular weight excluding hydrogens is 534 g/mol. The molecule has 3 aromatic rings. The van der Waals surface area contributed by atoms with E-state index >= 15 is 0 Å². The molecule has 214 valence electrons. The van der Waals surface area contributed by atoms with Crippen LogP contribution in [0.2, 0.25) is 0 Å². The van der Waals surface area contributed by atoms with Crippen LogP contribution in [0.4, 0.5) is 0 Å². The van der Waals surface area contributed by atoms with Crippen LogP contribution in [-0.4, -0.2) is 86.5 Å². The second-order valence-corrected chi connectivity index (χ2v) is 10.8. The molecule has 12 nitrogen and oxygen atoms in total. The summed E-state index contributed by atoms with van der Waals surface area (Å²) in [5.41, 5.74) is 2.28. The lowest BCUT2D eigenvalue weighted by molar-refractivity contribution is -0.142. The Bertz CT molecular complexity index is 1310. The third-order valence-electron chi connectivity index (χ3n) is 6.95. The van der Waals surface area contributed by atoms with Gasteiger partial charge in [-0.25, -0.2) is 9.78 Å². The molecule has 0 aliphatic carbocycles. The zero-order chi connectivity index (χ0) is 28.5. The number of aliphatic carboxylic acids is 1. The number of aromatic nitrogens is 3. The summed E-state index contributed by atoms with van der Waals surface area (Å²) >= 11 is 1.50. The van der Waals surface area contributed by atoms with E-state index in [-0.39, 0.29) is 31.2 Å². The maximum absolute atomic E-state index is 13.4. The Morgan fingerprint density at radius 1 is 1.05 bits per heavy atom. The van der Waals surface area contributed by atoms with Crippen molar-refractivity contribution in [1.82, 2.24) is 36.2 Å². The van der Waals surface area contributed by atoms with Crippen LogP contribution < -0.4 is 21.3 Å². The molecule has 4 atom stereocenters. The van der Waals surface area contributed by atoms with Crippen LogP contribution in [-0.2, 0) is 32.0 Å². The molecule has 1 aliphatic rings. The Morgan fingerprint density at radius 3 is 2.52 bits per heavy atom. The highest BCUT2D eigenvalue weighted by Crippen LogP contribution is 2.19. The molecule has 3 amide bonds. The van der Waals surface area contributed by atoms with Crippen LogP contribution in [0.3, 0.4) is 0 Å². The molecule has 1 aliphatic heterocycles. The molecule has 1 fully saturated rings. The number of nitrogens with one attached hydrogen (secondary N) is 6. The van der Waals surface area contributed by atoms with Crippen molar-refractivity contribution in [3.8, 4) is 0 Å². The molecule has 0 saturated carbocycles. The van der Waals surface area contributed by atoms with Gasteiger partial charge in [-0.3, -0.25) is 14.4 Å². The number of aromatic amines is 2. The van der Waals surface area contributed by atoms with Crippen molar-refractivity contribution in [2.75, 3.05) is 18.6 Å². The quantitative estimate of drug-likeness (QED) is 0.148. The van der Waals surface area contributed by atoms with Crippen molar-refractivity contribution in [3.63, 3.8) is 0 Å². The van der Waals surface area contributed by atoms with Gasteiger partial charge in [0.2, 0.25) is 17.7 Å². The fraction of sp³-hybridized carbons (Fsp3) is 0.444. The summed E-state index contributed by atoms with van der Waals surface area (Å²) in [7, 11) is 0. The number of hydrogen-bond acceptors (Lipinski definition) is 7. The third-order valence-corrected chi connectivity index (χ3v) is 7.59. The van der Waals surface area contributed by atoms with Crippen molar-refractivity contribution < 1.29 is 24.3 Å². The summed E-state index contributed by atoms with van der Waals surface area (Å²) in [6.45, 7) is 0.732. The first kappa shape index (κ1) is 29.2. The number of fused-ring (bicyclic) bond motifs is 1. The largest absolute Gasteiger partial charge is 0.480 e. The van der Waals surface area contributed by atoms with E-state index in [0.717, 1.165) is 29.4 Å². The number of carbonyl (C=O) groups is 4. The van der Waals surface area contributed by atoms with Crippen molar-refractivity contribution in [3.05, 3.63) is 54.2 Å². The highest BCUT2D eigenvalue weighted by atomic mass is 32.2. The average Bonchev–Trinajstić information content (AvgIpc) is 3.73. The topological polar surface area (TPSA) is 181 Å². The van der Waals surface area contributed by atoms with Gasteiger partial charge in [0, 0.05) is 41.8 Å². The lowest BCUT2D eigenvalue weighted by Gasteiger charge is -2.25. The van der Waals surface area contributed by atoms with E-state index in [0.29, 0.717) is 17.9 Å². The van der Waals surface area contributed by atoms with Gasteiger partial charge in [-0.1, -0.05) is 18.2 Å². The minimum atomic E-state index is -1.20. The maximum Gasteiger partial charge on any atom is 0.326 e. The molecule has 40 heavy (non-hydrogen) atoms. The van der Waals surface area contributed by atoms with Crippen LogP contribution in [0.15, 0.2) is 43.0 Å². The zero-order valence-electron chi connectivity index (χ0n) is 22.2. The fourth-order valence-electron chi connectivity index (χ4n) is 4.78. The van der Waals surface area contributed by atoms with Crippen LogP contribution >= 0.6 is 11.8 Å². The summed E-state index contributed by atoms with van der Waals surface area (Å²) in [6.07, 6.45) is 8.73. The number of para-hydroxylation sites is 1. The number of imidazole rings is 1. The van der Waals surface area contributed by atoms with Crippen LogP contribution in [0.5, 0.6) is 0 Å². The Labute approximate surface area is 235 Å². The molecule has 1 aromatic carbocycles. The number of rotatable bonds is 14. The van der Waals surface area contributed by atoms with E-state index in [9.17, 15) is 24.3 Å². The third kappa shape index (κ3) is 7.63. The van der Waals surface area contributed by atoms with E-state index in [1.807, 2.05) is 30.5 Å². The molecule has 0 bridgehead atoms. The number of nitrogens with zero attached hydrogens (tertiary/aromatic N) is 1. The van der Waals surface area contributed by atoms with Gasteiger partial charge in [-0.15, -0.1) is 0 Å². The number of H-pyrrole nitrogens is 2. The number of carboxylic acids is 1. The first-order chi connectivity index (χ1) is 19.4. The molecule has 4 rings (SSSR count). The Kier molecular flexibility index (Phi) is 10.2. The fourth-order valence-corrected chi connectivity index (χ4v) is 5.25. The average molecular weight is 570 g/mol. The Morgan fingerprint density at radius 2 is 1.82 bits per heavy atom. The van der Waals surface area contributed by atoms with Gasteiger partial charge >= 0.3 is 5.97 Å². The van der Waals surface area contributed by atoms with E-state index < -0.39 is 35.9 Å². The molecule has 13 heteroatoms. The van der Waals surface area contributed by atoms with Crippen molar-refractivity contribution in [2.45, 2.75) is 56.3 Å². The molecule has 7 N–H and O–H groups in total. The molecule has 0 radical (unpaired) electrons. The minimum Gasteiger partial charge on any atom is -0.480 e. The first-order valence-corrected chi connectivity index (χ1v) is 14.6. The number of benzene rings is 1. The molecular formula is C27H35N7O5S. The molecule has 0 spiro atoms. The van der Waals surface area contributed by atoms with Gasteiger partial charge in [-0.05, 0) is 49.4 Å². The second kappa shape index (κ2) is 14.0. The van der Waals surface area contributed by atoms with E-state index in [1.54, 1.807) is 12.4 Å². The monoisotopic (exact) mass is 569 g/mol. The second-order valence-electron chi connectivity index (χ2n) is 9.80. The molecule has 3 heterocycles. The van der Waals surface area contributed by atoms with Crippen molar-refractivity contribution in [2.24, 2.45) is 0 Å². The number of thioether (sulfide) groups is 1. The number of hydrogen-bond donors (Lipinski definition) is 7. The zero-order valence-corrected chi connectivity index (χ0v) is 23.1. The molecule has 4 unspecified atom stereocenters. The smallest absolute Gasteiger partial charge is 0.326 e. The Hall–Kier alpha value is -3.84. The Balaban J connectivity index is 1.46. The first-order valence-electron chi connectivity index (χ1n) is 13.2. The highest BCUT2D eigenvalue weighted by Gasteiger charge is 2.32. The summed E-state index contributed by atoms with van der Waals surface area (Å²) in [4.78, 5) is 61.7. The maximum atomic E-state index is 13.4. The van der Waals surface area contributed by atoms with Gasteiger partial charge in [-0.2, -0.15) is 11.8 Å². The van der Waals surface area contributed by atoms with E-state index in [1.165, 1.54) is 18.1 Å². The van der Waals surface area contributed by atoms with Gasteiger partial charge in [0.05, 0.1) is 12.4 Å². The summed E-state index contributed by atoms with van der Waals surface area (Å²) in [5.74, 6) is -2.04. The van der Waals surface area contributed by atoms with Gasteiger partial charge in [0.25, 0.3) is 0 Å². The standard InChI is InChI=1S/C27H35N7O5S/c1-40-10-8-21(25(36)34-23(27(38)39)11-16-13-30-19-6-3-2-5-18(16)19)32-26(37)22(12-17-14-28-15-31-17)33-24(35)20-7-4-9-29-20/h2-3,5-6,13-15,20-23,29-30H,4,7-12H2,1H3,(H,28,31)(H,32,37)(H,33,35)(H,34,36)(H,38,39). The lowest BCUT2D eigenvalue weighted by atomic mass is 10.0. The summed E-state index contributed by atoms with van der Waals surface area (Å²) in [6, 6.07) is 3.99. The van der Waals surface area contributed by atoms with Crippen molar-refractivity contribution >= 4 is 46.4 Å². The summed E-state index contributed by atoms with van der Waals surface area (Å²) < 4.78 is 0. The van der Waals surface area contributed by atoms with Crippen LogP contribution in [0, 0.1) is 0 Å². The van der Waals surface area contributed by atoms with Gasteiger partial charge in [0.1, 0.15) is 18.1 Å². The van der Waals surface area contributed by atoms with Crippen LogP contribution in [0.25, 0.3) is 10.9 Å². The molecule has 1 saturated heterocycles. The predicted octanol–water partition coefficient (Wildman–Crippen LogP) is 0.720. The van der Waals surface area contributed by atoms with Gasteiger partial charge in [0.15, 0.2) is 0 Å². The number of carbonyl (C=O) groups excluding carboxylic acids is 3. The van der Waals surface area contributed by atoms with Crippen LogP contribution in [0.1, 0.15) is 30.5 Å². The SMILES string of the molecule is CSCCC(NC(=O)C(Cc1cnc[nH]1)NC(=O)C1CCCN1)C(=O)NC(Cc1c[nH]c2ccccc12)C(=O)O.